The first-order valence-electron chi connectivity index (χ1n) is 4.43. The Kier molecular flexibility index (Phi) is 136. The lowest BCUT2D eigenvalue weighted by molar-refractivity contribution is 0.108. The maximum atomic E-state index is 8.00. The molecule has 0 aromatic heterocycles. The van der Waals surface area contributed by atoms with Crippen LogP contribution >= 0.6 is 0 Å². The van der Waals surface area contributed by atoms with Crippen LogP contribution in [0.2, 0.25) is 0 Å². The molecule has 7 heteroatoms. The second kappa shape index (κ2) is 69.6. The lowest BCUT2D eigenvalue weighted by atomic mass is 10.0. The van der Waals surface area contributed by atoms with E-state index >= 15 is 0 Å². The molecule has 0 aromatic rings. The van der Waals surface area contributed by atoms with E-state index in [0.717, 1.165) is 0 Å². The lowest BCUT2D eigenvalue weighted by Crippen LogP contribution is -1.85. The molecule has 0 aromatic carbocycles. The molecule has 1 saturated carbocycles. The van der Waals surface area contributed by atoms with Gasteiger partial charge in [-0.3, -0.25) is 4.70 Å². The molecule has 0 radical (unpaired) electrons. The summed E-state index contributed by atoms with van der Waals surface area (Å²) in [5.41, 5.74) is 0. The van der Waals surface area contributed by atoms with Crippen molar-refractivity contribution < 1.29 is 32.1 Å². The van der Waals surface area contributed by atoms with Crippen LogP contribution < -0.4 is 0 Å². The summed E-state index contributed by atoms with van der Waals surface area (Å²) in [6, 6.07) is 0. The summed E-state index contributed by atoms with van der Waals surface area (Å²) in [6.45, 7) is 4.00. The second-order valence-corrected chi connectivity index (χ2v) is 2.12. The lowest BCUT2D eigenvalue weighted by Gasteiger charge is -2.05. The van der Waals surface area contributed by atoms with Crippen molar-refractivity contribution in [3.8, 4) is 0 Å². The molecule has 1 aliphatic rings. The van der Waals surface area contributed by atoms with Gasteiger partial charge in [0.05, 0.1) is 0 Å². The Balaban J connectivity index is -0.0000000325. The smallest absolute Gasteiger partial charge is 0 e. The fraction of sp³-hybridized carbons (Fsp3) is 1.00. The minimum Gasteiger partial charge on any atom is -0.269 e. The summed E-state index contributed by atoms with van der Waals surface area (Å²) in [5, 5.41) is 0. The van der Waals surface area contributed by atoms with Gasteiger partial charge in [0.25, 0.3) is 0 Å². The van der Waals surface area contributed by atoms with Crippen LogP contribution in [0.25, 0.3) is 0 Å². The second-order valence-electron chi connectivity index (χ2n) is 2.12. The average Bonchev–Trinajstić information content (AvgIpc) is 2.41. The predicted molar refractivity (Wildman–Crippen MR) is 48.2 cm³/mol. The highest BCUT2D eigenvalue weighted by molar-refractivity contribution is 4.51. The van der Waals surface area contributed by atoms with Gasteiger partial charge >= 0.3 is 0 Å². The van der Waals surface area contributed by atoms with E-state index in [2.05, 4.69) is 0 Å². The highest BCUT2D eigenvalue weighted by Crippen LogP contribution is 2.15. The van der Waals surface area contributed by atoms with Gasteiger partial charge in [0.2, 0.25) is 0 Å². The van der Waals surface area contributed by atoms with E-state index in [1.54, 1.807) is 0 Å². The van der Waals surface area contributed by atoms with Crippen molar-refractivity contribution in [1.82, 2.24) is 0 Å². The van der Waals surface area contributed by atoms with Crippen molar-refractivity contribution in [3.05, 3.63) is 0 Å². The van der Waals surface area contributed by atoms with Gasteiger partial charge in [0.1, 0.15) is 0 Å². The summed E-state index contributed by atoms with van der Waals surface area (Å²) in [5.74, 6) is 0. The molecule has 0 bridgehead atoms. The highest BCUT2D eigenvalue weighted by Gasteiger charge is 1.95. The van der Waals surface area contributed by atoms with Crippen molar-refractivity contribution in [2.45, 2.75) is 52.4 Å². The summed E-state index contributed by atoms with van der Waals surface area (Å²) in [4.78, 5) is 0. The average molecular weight is 248 g/mol. The van der Waals surface area contributed by atoms with Gasteiger partial charge in [-0.2, -0.15) is 0 Å². The molecular formula is C8H19F7. The van der Waals surface area contributed by atoms with Crippen LogP contribution in [0.3, 0.4) is 0 Å². The molecule has 0 aliphatic heterocycles. The first-order valence-corrected chi connectivity index (χ1v) is 4.43. The zero-order valence-electron chi connectivity index (χ0n) is 8.92. The molecule has 0 saturated heterocycles. The van der Waals surface area contributed by atoms with Crippen molar-refractivity contribution >= 4 is 0 Å². The van der Waals surface area contributed by atoms with Crippen LogP contribution in [0.5, 0.6) is 0 Å². The predicted octanol–water partition coefficient (Wildman–Crippen LogP) is 6.04. The number of hydrogen-bond donors (Lipinski definition) is 0. The number of rotatable bonds is 0. The van der Waals surface area contributed by atoms with Crippen LogP contribution in [0.1, 0.15) is 52.4 Å². The van der Waals surface area contributed by atoms with Crippen LogP contribution in [0, 0.1) is 0 Å². The minimum atomic E-state index is 0. The summed E-state index contributed by atoms with van der Waals surface area (Å²) in [6.07, 6.45) is 9.00. The molecule has 0 heterocycles. The molecule has 100 valence electrons. The van der Waals surface area contributed by atoms with Crippen LogP contribution in [-0.4, -0.2) is 0 Å². The maximum absolute atomic E-state index is 8.00. The zero-order valence-corrected chi connectivity index (χ0v) is 8.92. The topological polar surface area (TPSA) is 0 Å². The Labute approximate surface area is 85.6 Å². The quantitative estimate of drug-likeness (QED) is 0.458. The van der Waals surface area contributed by atoms with Gasteiger partial charge in [-0.15, -0.1) is 0 Å². The SMILES string of the molecule is C1CCCCC1.CC.F.FF.FF.FF. The van der Waals surface area contributed by atoms with E-state index in [4.69, 9.17) is 27.4 Å². The highest BCUT2D eigenvalue weighted by atomic mass is 20.0. The normalized spacial score (nSPS) is 11.2. The molecule has 0 atom stereocenters. The van der Waals surface area contributed by atoms with Gasteiger partial charge in [-0.1, -0.05) is 52.4 Å². The third-order valence-electron chi connectivity index (χ3n) is 1.50. The molecule has 1 aliphatic carbocycles. The Morgan fingerprint density at radius 1 is 0.467 bits per heavy atom. The van der Waals surface area contributed by atoms with Crippen LogP contribution in [0.4, 0.5) is 32.1 Å². The van der Waals surface area contributed by atoms with Crippen LogP contribution in [-0.2, 0) is 0 Å². The van der Waals surface area contributed by atoms with Crippen molar-refractivity contribution in [2.24, 2.45) is 0 Å². The molecular weight excluding hydrogens is 229 g/mol. The van der Waals surface area contributed by atoms with Gasteiger partial charge in [-0.25, -0.2) is 0 Å². The molecule has 0 spiro atoms. The molecule has 0 amide bonds. The zero-order chi connectivity index (χ0) is 12.2. The fourth-order valence-electron chi connectivity index (χ4n) is 1.06. The first-order chi connectivity index (χ1) is 7.00. The molecule has 0 nitrogen and oxygen atoms in total. The summed E-state index contributed by atoms with van der Waals surface area (Å²) < 4.78 is 48.0. The maximum Gasteiger partial charge on any atom is 0 e. The Morgan fingerprint density at radius 2 is 0.533 bits per heavy atom. The molecule has 15 heavy (non-hydrogen) atoms. The number of hydrogen-bond acceptors (Lipinski definition) is 0. The fourth-order valence-corrected chi connectivity index (χ4v) is 1.06. The first kappa shape index (κ1) is 29.3. The summed E-state index contributed by atoms with van der Waals surface area (Å²) in [7, 11) is 0. The van der Waals surface area contributed by atoms with E-state index in [0.29, 0.717) is 0 Å². The van der Waals surface area contributed by atoms with Crippen molar-refractivity contribution in [2.75, 3.05) is 0 Å². The molecule has 1 fully saturated rings. The monoisotopic (exact) mass is 248 g/mol. The third-order valence-corrected chi connectivity index (χ3v) is 1.50. The molecule has 1 rings (SSSR count). The molecule has 0 unspecified atom stereocenters. The van der Waals surface area contributed by atoms with E-state index in [1.807, 2.05) is 13.8 Å². The minimum absolute atomic E-state index is 0. The largest absolute Gasteiger partial charge is 0.269 e. The Morgan fingerprint density at radius 3 is 0.600 bits per heavy atom. The van der Waals surface area contributed by atoms with Gasteiger partial charge in [0.15, 0.2) is 0 Å². The standard InChI is InChI=1S/C6H12.C2H6.3F2.FH/c1-2-4-6-5-3-1;4*1-2;/h1-6H2;1-2H3;;;;1H. The van der Waals surface area contributed by atoms with Crippen LogP contribution in [0.15, 0.2) is 0 Å². The van der Waals surface area contributed by atoms with Crippen molar-refractivity contribution in [3.63, 3.8) is 0 Å². The van der Waals surface area contributed by atoms with Gasteiger partial charge < -0.3 is 0 Å². The summed E-state index contributed by atoms with van der Waals surface area (Å²) >= 11 is 0. The van der Waals surface area contributed by atoms with Gasteiger partial charge in [0, 0.05) is 27.4 Å². The number of halogens is 7. The Bertz CT molecular complexity index is 30.5. The third kappa shape index (κ3) is 59.0. The van der Waals surface area contributed by atoms with Crippen molar-refractivity contribution in [1.29, 1.82) is 0 Å². The van der Waals surface area contributed by atoms with E-state index in [-0.39, 0.29) is 4.70 Å². The van der Waals surface area contributed by atoms with Gasteiger partial charge in [-0.05, 0) is 0 Å². The molecule has 0 N–H and O–H groups in total. The Hall–Kier alpha value is -0.490. The van der Waals surface area contributed by atoms with E-state index < -0.39 is 0 Å². The van der Waals surface area contributed by atoms with E-state index in [1.165, 1.54) is 38.5 Å². The van der Waals surface area contributed by atoms with E-state index in [9.17, 15) is 0 Å².